The number of hydrogen-bond donors (Lipinski definition) is 0. The molecule has 0 N–H and O–H groups in total. The molecule has 4 heteroatoms. The van der Waals surface area contributed by atoms with E-state index in [1.54, 1.807) is 6.07 Å². The van der Waals surface area contributed by atoms with E-state index in [1.807, 2.05) is 12.1 Å². The summed E-state index contributed by atoms with van der Waals surface area (Å²) in [4.78, 5) is 15.3. The number of carbonyl (C=O) groups excluding carboxylic acids is 1. The van der Waals surface area contributed by atoms with Gasteiger partial charge in [0.1, 0.15) is 0 Å². The minimum Gasteiger partial charge on any atom is -0.374 e. The normalized spacial score (nSPS) is 20.1. The Bertz CT molecular complexity index is 436. The number of halogens is 1. The van der Waals surface area contributed by atoms with Crippen LogP contribution in [0.3, 0.4) is 0 Å². The van der Waals surface area contributed by atoms with Gasteiger partial charge >= 0.3 is 0 Å². The van der Waals surface area contributed by atoms with Crippen LogP contribution < -0.4 is 4.90 Å². The van der Waals surface area contributed by atoms with Crippen molar-refractivity contribution in [3.8, 4) is 0 Å². The number of hydrogen-bond acceptors (Lipinski definition) is 3. The third-order valence-electron chi connectivity index (χ3n) is 3.57. The number of anilines is 1. The van der Waals surface area contributed by atoms with Gasteiger partial charge in [-0.25, -0.2) is 0 Å². The van der Waals surface area contributed by atoms with Crippen LogP contribution in [-0.2, 0) is 0 Å². The molecule has 0 aliphatic carbocycles. The van der Waals surface area contributed by atoms with Crippen LogP contribution in [0.4, 0.5) is 5.69 Å². The predicted octanol–water partition coefficient (Wildman–Crippen LogP) is 2.54. The SMILES string of the molecule is CN1CCC(CN(C)c2ccc(C=O)c(Cl)c2)C1. The van der Waals surface area contributed by atoms with Crippen LogP contribution in [0.2, 0.25) is 5.02 Å². The zero-order valence-electron chi connectivity index (χ0n) is 10.9. The highest BCUT2D eigenvalue weighted by atomic mass is 35.5. The smallest absolute Gasteiger partial charge is 0.151 e. The van der Waals surface area contributed by atoms with Crippen LogP contribution in [0, 0.1) is 5.92 Å². The summed E-state index contributed by atoms with van der Waals surface area (Å²) >= 11 is 6.05. The minimum atomic E-state index is 0.526. The molecular weight excluding hydrogens is 248 g/mol. The van der Waals surface area contributed by atoms with Crippen LogP contribution in [0.15, 0.2) is 18.2 Å². The molecule has 1 aliphatic rings. The molecule has 0 saturated carbocycles. The average Bonchev–Trinajstić information content (AvgIpc) is 2.74. The van der Waals surface area contributed by atoms with E-state index in [-0.39, 0.29) is 0 Å². The Morgan fingerprint density at radius 2 is 2.33 bits per heavy atom. The molecule has 1 aromatic carbocycles. The number of nitrogens with zero attached hydrogens (tertiary/aromatic N) is 2. The molecule has 1 fully saturated rings. The lowest BCUT2D eigenvalue weighted by Gasteiger charge is -2.23. The molecule has 0 bridgehead atoms. The summed E-state index contributed by atoms with van der Waals surface area (Å²) in [5.41, 5.74) is 1.62. The van der Waals surface area contributed by atoms with Gasteiger partial charge in [0.2, 0.25) is 0 Å². The van der Waals surface area contributed by atoms with Gasteiger partial charge < -0.3 is 9.80 Å². The molecule has 3 nitrogen and oxygen atoms in total. The first-order chi connectivity index (χ1) is 8.60. The first-order valence-corrected chi connectivity index (χ1v) is 6.62. The fourth-order valence-corrected chi connectivity index (χ4v) is 2.74. The Kier molecular flexibility index (Phi) is 4.25. The van der Waals surface area contributed by atoms with E-state index in [1.165, 1.54) is 13.0 Å². The highest BCUT2D eigenvalue weighted by Crippen LogP contribution is 2.24. The van der Waals surface area contributed by atoms with Crippen molar-refractivity contribution in [3.05, 3.63) is 28.8 Å². The zero-order chi connectivity index (χ0) is 13.1. The van der Waals surface area contributed by atoms with Crippen LogP contribution in [0.25, 0.3) is 0 Å². The van der Waals surface area contributed by atoms with Crippen LogP contribution in [0.5, 0.6) is 0 Å². The van der Waals surface area contributed by atoms with E-state index < -0.39 is 0 Å². The molecular formula is C14H19ClN2O. The second-order valence-electron chi connectivity index (χ2n) is 5.12. The molecule has 0 amide bonds. The summed E-state index contributed by atoms with van der Waals surface area (Å²) in [5, 5.41) is 0.526. The molecule has 1 saturated heterocycles. The number of rotatable bonds is 4. The highest BCUT2D eigenvalue weighted by molar-refractivity contribution is 6.33. The Labute approximate surface area is 113 Å². The molecule has 2 rings (SSSR count). The number of aldehydes is 1. The largest absolute Gasteiger partial charge is 0.374 e. The van der Waals surface area contributed by atoms with Gasteiger partial charge in [-0.15, -0.1) is 0 Å². The molecule has 0 spiro atoms. The van der Waals surface area contributed by atoms with E-state index in [0.717, 1.165) is 25.1 Å². The van der Waals surface area contributed by atoms with Gasteiger partial charge in [0, 0.05) is 31.4 Å². The second-order valence-corrected chi connectivity index (χ2v) is 5.53. The Hall–Kier alpha value is -1.06. The summed E-state index contributed by atoms with van der Waals surface area (Å²) in [5.74, 6) is 0.713. The van der Waals surface area contributed by atoms with Crippen molar-refractivity contribution in [1.29, 1.82) is 0 Å². The standard InChI is InChI=1S/C14H19ClN2O/c1-16-6-5-11(8-16)9-17(2)13-4-3-12(10-18)14(15)7-13/h3-4,7,10-11H,5-6,8-9H2,1-2H3. The maximum Gasteiger partial charge on any atom is 0.151 e. The maximum absolute atomic E-state index is 10.7. The van der Waals surface area contributed by atoms with E-state index >= 15 is 0 Å². The van der Waals surface area contributed by atoms with E-state index in [2.05, 4.69) is 23.9 Å². The molecule has 98 valence electrons. The van der Waals surface area contributed by atoms with E-state index in [4.69, 9.17) is 11.6 Å². The van der Waals surface area contributed by atoms with Gasteiger partial charge in [-0.1, -0.05) is 11.6 Å². The zero-order valence-corrected chi connectivity index (χ0v) is 11.7. The van der Waals surface area contributed by atoms with Gasteiger partial charge in [0.15, 0.2) is 6.29 Å². The number of carbonyl (C=O) groups is 1. The van der Waals surface area contributed by atoms with E-state index in [9.17, 15) is 4.79 Å². The van der Waals surface area contributed by atoms with Crippen LogP contribution >= 0.6 is 11.6 Å². The maximum atomic E-state index is 10.7. The Morgan fingerprint density at radius 3 is 2.89 bits per heavy atom. The van der Waals surface area contributed by atoms with Gasteiger partial charge in [-0.3, -0.25) is 4.79 Å². The van der Waals surface area contributed by atoms with E-state index in [0.29, 0.717) is 16.5 Å². The third kappa shape index (κ3) is 3.03. The van der Waals surface area contributed by atoms with Crippen molar-refractivity contribution in [2.24, 2.45) is 5.92 Å². The molecule has 0 radical (unpaired) electrons. The van der Waals surface area contributed by atoms with Crippen molar-refractivity contribution in [2.45, 2.75) is 6.42 Å². The molecule has 1 unspecified atom stereocenters. The number of benzene rings is 1. The molecule has 18 heavy (non-hydrogen) atoms. The molecule has 1 heterocycles. The summed E-state index contributed by atoms with van der Waals surface area (Å²) in [7, 11) is 4.24. The lowest BCUT2D eigenvalue weighted by atomic mass is 10.1. The van der Waals surface area contributed by atoms with Gasteiger partial charge in [0.25, 0.3) is 0 Å². The molecule has 0 aromatic heterocycles. The summed E-state index contributed by atoms with van der Waals surface area (Å²) in [6.45, 7) is 3.37. The van der Waals surface area contributed by atoms with Crippen molar-refractivity contribution in [2.75, 3.05) is 38.6 Å². The van der Waals surface area contributed by atoms with Crippen molar-refractivity contribution in [1.82, 2.24) is 4.90 Å². The lowest BCUT2D eigenvalue weighted by Crippen LogP contribution is -2.27. The first kappa shape index (κ1) is 13.4. The van der Waals surface area contributed by atoms with Crippen molar-refractivity contribution < 1.29 is 4.79 Å². The van der Waals surface area contributed by atoms with Crippen molar-refractivity contribution in [3.63, 3.8) is 0 Å². The molecule has 1 aromatic rings. The summed E-state index contributed by atoms with van der Waals surface area (Å²) in [6, 6.07) is 5.60. The third-order valence-corrected chi connectivity index (χ3v) is 3.90. The van der Waals surface area contributed by atoms with Gasteiger partial charge in [-0.05, 0) is 44.1 Å². The number of likely N-dealkylation sites (tertiary alicyclic amines) is 1. The van der Waals surface area contributed by atoms with Gasteiger partial charge in [-0.2, -0.15) is 0 Å². The predicted molar refractivity (Wildman–Crippen MR) is 75.7 cm³/mol. The van der Waals surface area contributed by atoms with Crippen molar-refractivity contribution >= 4 is 23.6 Å². The monoisotopic (exact) mass is 266 g/mol. The summed E-state index contributed by atoms with van der Waals surface area (Å²) in [6.07, 6.45) is 2.04. The Balaban J connectivity index is 2.02. The second kappa shape index (κ2) is 5.72. The Morgan fingerprint density at radius 1 is 1.56 bits per heavy atom. The van der Waals surface area contributed by atoms with Crippen LogP contribution in [-0.4, -0.2) is 44.9 Å². The summed E-state index contributed by atoms with van der Waals surface area (Å²) < 4.78 is 0. The molecule has 1 atom stereocenters. The van der Waals surface area contributed by atoms with Crippen LogP contribution in [0.1, 0.15) is 16.8 Å². The minimum absolute atomic E-state index is 0.526. The fourth-order valence-electron chi connectivity index (χ4n) is 2.52. The molecule has 1 aliphatic heterocycles. The lowest BCUT2D eigenvalue weighted by molar-refractivity contribution is 0.112. The first-order valence-electron chi connectivity index (χ1n) is 6.24. The fraction of sp³-hybridized carbons (Fsp3) is 0.500. The topological polar surface area (TPSA) is 23.6 Å². The van der Waals surface area contributed by atoms with Gasteiger partial charge in [0.05, 0.1) is 5.02 Å². The highest BCUT2D eigenvalue weighted by Gasteiger charge is 2.21. The quantitative estimate of drug-likeness (QED) is 0.783. The average molecular weight is 267 g/mol.